The Morgan fingerprint density at radius 1 is 1.26 bits per heavy atom. The standard InChI is InChI=1S/C23H27NO7/c1-16(21-20(26)10-9-19(31-21)8-5-12-29-13-11-25)22(27)24-18(15-30-23(24)28)14-17-6-3-2-4-7-17/h2-4,6-10,16,18,21,25H,5,11-15H2,1H3/t16-,18-,21-/m1/s1. The Morgan fingerprint density at radius 2 is 2.03 bits per heavy atom. The second kappa shape index (κ2) is 10.9. The predicted molar refractivity (Wildman–Crippen MR) is 111 cm³/mol. The number of imide groups is 1. The summed E-state index contributed by atoms with van der Waals surface area (Å²) < 4.78 is 16.1. The van der Waals surface area contributed by atoms with Gasteiger partial charge in [-0.3, -0.25) is 9.59 Å². The molecule has 0 aliphatic carbocycles. The van der Waals surface area contributed by atoms with Gasteiger partial charge in [0.1, 0.15) is 12.4 Å². The molecular formula is C23H27NO7. The monoisotopic (exact) mass is 429 g/mol. The molecule has 1 N–H and O–H groups in total. The number of aliphatic hydroxyl groups is 1. The van der Waals surface area contributed by atoms with Crippen molar-refractivity contribution in [2.24, 2.45) is 5.92 Å². The van der Waals surface area contributed by atoms with Crippen LogP contribution in [0.15, 0.2) is 54.3 Å². The van der Waals surface area contributed by atoms with Gasteiger partial charge in [-0.15, -0.1) is 0 Å². The zero-order valence-corrected chi connectivity index (χ0v) is 17.4. The number of carbonyl (C=O) groups excluding carboxylic acids is 3. The highest BCUT2D eigenvalue weighted by Crippen LogP contribution is 2.25. The van der Waals surface area contributed by atoms with Crippen LogP contribution in [0.4, 0.5) is 4.79 Å². The van der Waals surface area contributed by atoms with Crippen LogP contribution in [0.3, 0.4) is 0 Å². The highest BCUT2D eigenvalue weighted by Gasteiger charge is 2.43. The number of carbonyl (C=O) groups is 3. The van der Waals surface area contributed by atoms with Crippen molar-refractivity contribution < 1.29 is 33.7 Å². The van der Waals surface area contributed by atoms with Crippen LogP contribution in [-0.4, -0.2) is 66.4 Å². The zero-order chi connectivity index (χ0) is 22.2. The summed E-state index contributed by atoms with van der Waals surface area (Å²) in [5.41, 5.74) is 0.984. The number of hydrogen-bond acceptors (Lipinski definition) is 7. The highest BCUT2D eigenvalue weighted by atomic mass is 16.6. The van der Waals surface area contributed by atoms with E-state index in [1.165, 1.54) is 6.08 Å². The lowest BCUT2D eigenvalue weighted by molar-refractivity contribution is -0.142. The van der Waals surface area contributed by atoms with E-state index in [1.807, 2.05) is 30.3 Å². The molecule has 1 aromatic carbocycles. The molecular weight excluding hydrogens is 402 g/mol. The SMILES string of the molecule is C[C@@H](C(=O)N1C(=O)OC[C@H]1Cc1ccccc1)[C@H]1OC(=CCCOCCO)C=CC1=O. The summed E-state index contributed by atoms with van der Waals surface area (Å²) in [5.74, 6) is -1.23. The second-order valence-electron chi connectivity index (χ2n) is 7.42. The highest BCUT2D eigenvalue weighted by molar-refractivity contribution is 6.01. The summed E-state index contributed by atoms with van der Waals surface area (Å²) in [6.45, 7) is 2.30. The summed E-state index contributed by atoms with van der Waals surface area (Å²) in [4.78, 5) is 38.9. The van der Waals surface area contributed by atoms with Crippen molar-refractivity contribution in [3.05, 3.63) is 59.9 Å². The van der Waals surface area contributed by atoms with Crippen LogP contribution in [0.1, 0.15) is 18.9 Å². The summed E-state index contributed by atoms with van der Waals surface area (Å²) >= 11 is 0. The first-order valence-electron chi connectivity index (χ1n) is 10.3. The lowest BCUT2D eigenvalue weighted by Crippen LogP contribution is -2.48. The number of hydrogen-bond donors (Lipinski definition) is 1. The minimum Gasteiger partial charge on any atom is -0.482 e. The Labute approximate surface area is 181 Å². The van der Waals surface area contributed by atoms with Crippen LogP contribution in [0, 0.1) is 5.92 Å². The normalized spacial score (nSPS) is 23.0. The van der Waals surface area contributed by atoms with Gasteiger partial charge in [0, 0.05) is 0 Å². The van der Waals surface area contributed by atoms with Gasteiger partial charge < -0.3 is 19.3 Å². The third kappa shape index (κ3) is 5.80. The number of benzene rings is 1. The average Bonchev–Trinajstić information content (AvgIpc) is 3.14. The lowest BCUT2D eigenvalue weighted by Gasteiger charge is -2.29. The number of nitrogens with zero attached hydrogens (tertiary/aromatic N) is 1. The Bertz CT molecular complexity index is 849. The topological polar surface area (TPSA) is 102 Å². The van der Waals surface area contributed by atoms with E-state index in [2.05, 4.69) is 0 Å². The molecule has 2 aliphatic rings. The van der Waals surface area contributed by atoms with E-state index < -0.39 is 30.1 Å². The first kappa shape index (κ1) is 22.7. The van der Waals surface area contributed by atoms with Gasteiger partial charge in [-0.05, 0) is 43.6 Å². The van der Waals surface area contributed by atoms with Crippen molar-refractivity contribution in [2.75, 3.05) is 26.4 Å². The molecule has 3 rings (SSSR count). The Balaban J connectivity index is 1.65. The van der Waals surface area contributed by atoms with Crippen molar-refractivity contribution in [3.8, 4) is 0 Å². The summed E-state index contributed by atoms with van der Waals surface area (Å²) in [6.07, 6.45) is 3.96. The molecule has 3 atom stereocenters. The molecule has 31 heavy (non-hydrogen) atoms. The van der Waals surface area contributed by atoms with Crippen molar-refractivity contribution >= 4 is 17.8 Å². The molecule has 0 saturated carbocycles. The van der Waals surface area contributed by atoms with Gasteiger partial charge in [-0.2, -0.15) is 0 Å². The molecule has 1 saturated heterocycles. The third-order valence-corrected chi connectivity index (χ3v) is 5.15. The molecule has 0 radical (unpaired) electrons. The maximum atomic E-state index is 13.1. The zero-order valence-electron chi connectivity index (χ0n) is 17.4. The predicted octanol–water partition coefficient (Wildman–Crippen LogP) is 2.02. The molecule has 2 heterocycles. The molecule has 2 aliphatic heterocycles. The number of rotatable bonds is 9. The maximum Gasteiger partial charge on any atom is 0.416 e. The van der Waals surface area contributed by atoms with Crippen molar-refractivity contribution in [2.45, 2.75) is 31.9 Å². The molecule has 1 aromatic rings. The molecule has 1 fully saturated rings. The molecule has 0 bridgehead atoms. The van der Waals surface area contributed by atoms with Gasteiger partial charge in [0.25, 0.3) is 0 Å². The third-order valence-electron chi connectivity index (χ3n) is 5.15. The molecule has 8 heteroatoms. The van der Waals surface area contributed by atoms with Crippen LogP contribution < -0.4 is 0 Å². The first-order valence-corrected chi connectivity index (χ1v) is 10.3. The van der Waals surface area contributed by atoms with E-state index in [4.69, 9.17) is 19.3 Å². The fourth-order valence-corrected chi connectivity index (χ4v) is 3.53. The van der Waals surface area contributed by atoms with Crippen LogP contribution in [-0.2, 0) is 30.2 Å². The van der Waals surface area contributed by atoms with Gasteiger partial charge in [0.2, 0.25) is 5.91 Å². The lowest BCUT2D eigenvalue weighted by atomic mass is 9.96. The van der Waals surface area contributed by atoms with Crippen molar-refractivity contribution in [1.82, 2.24) is 4.90 Å². The van der Waals surface area contributed by atoms with E-state index in [1.54, 1.807) is 19.1 Å². The quantitative estimate of drug-likeness (QED) is 0.599. The average molecular weight is 429 g/mol. The van der Waals surface area contributed by atoms with Gasteiger partial charge in [0.15, 0.2) is 11.9 Å². The number of amides is 2. The number of aliphatic hydroxyl groups excluding tert-OH is 1. The molecule has 0 aromatic heterocycles. The van der Waals surface area contributed by atoms with E-state index in [-0.39, 0.29) is 25.6 Å². The van der Waals surface area contributed by atoms with E-state index >= 15 is 0 Å². The summed E-state index contributed by atoms with van der Waals surface area (Å²) in [7, 11) is 0. The van der Waals surface area contributed by atoms with Gasteiger partial charge in [0.05, 0.1) is 31.8 Å². The number of ketones is 1. The van der Waals surface area contributed by atoms with Crippen LogP contribution in [0.25, 0.3) is 0 Å². The Hall–Kier alpha value is -2.97. The minimum atomic E-state index is -1.02. The molecule has 166 valence electrons. The Kier molecular flexibility index (Phi) is 7.97. The number of allylic oxidation sites excluding steroid dienone is 1. The largest absolute Gasteiger partial charge is 0.482 e. The van der Waals surface area contributed by atoms with Crippen molar-refractivity contribution in [3.63, 3.8) is 0 Å². The van der Waals surface area contributed by atoms with Gasteiger partial charge in [-0.1, -0.05) is 30.3 Å². The van der Waals surface area contributed by atoms with Gasteiger partial charge >= 0.3 is 6.09 Å². The minimum absolute atomic E-state index is 0.0482. The Morgan fingerprint density at radius 3 is 2.77 bits per heavy atom. The van der Waals surface area contributed by atoms with Crippen molar-refractivity contribution in [1.29, 1.82) is 0 Å². The maximum absolute atomic E-state index is 13.1. The van der Waals surface area contributed by atoms with Gasteiger partial charge in [-0.25, -0.2) is 9.69 Å². The fourth-order valence-electron chi connectivity index (χ4n) is 3.53. The summed E-state index contributed by atoms with van der Waals surface area (Å²) in [5, 5.41) is 8.72. The first-order chi connectivity index (χ1) is 15.0. The van der Waals surface area contributed by atoms with E-state index in [9.17, 15) is 14.4 Å². The van der Waals surface area contributed by atoms with E-state index in [0.717, 1.165) is 10.5 Å². The van der Waals surface area contributed by atoms with Crippen LogP contribution in [0.2, 0.25) is 0 Å². The molecule has 0 unspecified atom stereocenters. The van der Waals surface area contributed by atoms with Crippen LogP contribution in [0.5, 0.6) is 0 Å². The fraction of sp³-hybridized carbons (Fsp3) is 0.435. The van der Waals surface area contributed by atoms with Crippen LogP contribution >= 0.6 is 0 Å². The molecule has 8 nitrogen and oxygen atoms in total. The number of cyclic esters (lactones) is 1. The summed E-state index contributed by atoms with van der Waals surface area (Å²) in [6, 6.07) is 9.10. The second-order valence-corrected chi connectivity index (χ2v) is 7.42. The number of ether oxygens (including phenoxy) is 3. The molecule has 0 spiro atoms. The smallest absolute Gasteiger partial charge is 0.416 e. The van der Waals surface area contributed by atoms with E-state index in [0.29, 0.717) is 25.2 Å². The molecule has 2 amide bonds.